The summed E-state index contributed by atoms with van der Waals surface area (Å²) in [6, 6.07) is 6.55. The Hall–Kier alpha value is -1.62. The molecule has 18 heavy (non-hydrogen) atoms. The molecule has 0 aliphatic heterocycles. The van der Waals surface area contributed by atoms with Crippen LogP contribution in [0.5, 0.6) is 5.75 Å². The molecule has 0 spiro atoms. The fourth-order valence-corrected chi connectivity index (χ4v) is 1.45. The quantitative estimate of drug-likeness (QED) is 0.592. The highest BCUT2D eigenvalue weighted by Crippen LogP contribution is 2.13. The first-order chi connectivity index (χ1) is 8.67. The molecule has 0 radical (unpaired) electrons. The molecule has 0 aliphatic carbocycles. The predicted octanol–water partition coefficient (Wildman–Crippen LogP) is 1.47. The van der Waals surface area contributed by atoms with Gasteiger partial charge in [-0.15, -0.1) is 0 Å². The molecule has 0 aromatic heterocycles. The highest BCUT2D eigenvalue weighted by molar-refractivity contribution is 5.75. The average Bonchev–Trinajstić information content (AvgIpc) is 2.40. The van der Waals surface area contributed by atoms with Gasteiger partial charge in [0.05, 0.1) is 20.4 Å². The van der Waals surface area contributed by atoms with E-state index in [1.54, 1.807) is 12.1 Å². The van der Waals surface area contributed by atoms with E-state index >= 15 is 0 Å². The van der Waals surface area contributed by atoms with Crippen LogP contribution < -0.4 is 10.5 Å². The van der Waals surface area contributed by atoms with Crippen LogP contribution in [0.2, 0.25) is 0 Å². The molecular weight excluding hydrogens is 237 g/mol. The van der Waals surface area contributed by atoms with E-state index in [2.05, 4.69) is 4.74 Å². The van der Waals surface area contributed by atoms with Gasteiger partial charge in [0.25, 0.3) is 0 Å². The number of carbonyl (C=O) groups excluding carboxylic acids is 1. The van der Waals surface area contributed by atoms with E-state index < -0.39 is 12.0 Å². The smallest absolute Gasteiger partial charge is 0.322 e. The van der Waals surface area contributed by atoms with Crippen molar-refractivity contribution in [1.29, 1.82) is 0 Å². The Morgan fingerprint density at radius 2 is 2.06 bits per heavy atom. The van der Waals surface area contributed by atoms with Crippen molar-refractivity contribution in [2.24, 2.45) is 5.73 Å². The van der Waals surface area contributed by atoms with E-state index in [9.17, 15) is 9.18 Å². The van der Waals surface area contributed by atoms with Gasteiger partial charge in [-0.2, -0.15) is 0 Å². The maximum absolute atomic E-state index is 11.9. The van der Waals surface area contributed by atoms with Crippen LogP contribution in [0.25, 0.3) is 0 Å². The van der Waals surface area contributed by atoms with Gasteiger partial charge < -0.3 is 15.2 Å². The molecule has 0 fully saturated rings. The lowest BCUT2D eigenvalue weighted by molar-refractivity contribution is -0.142. The molecule has 1 aromatic rings. The van der Waals surface area contributed by atoms with Crippen molar-refractivity contribution in [2.75, 3.05) is 20.4 Å². The van der Waals surface area contributed by atoms with E-state index in [4.69, 9.17) is 10.5 Å². The summed E-state index contributed by atoms with van der Waals surface area (Å²) < 4.78 is 21.7. The fourth-order valence-electron chi connectivity index (χ4n) is 1.45. The van der Waals surface area contributed by atoms with Crippen molar-refractivity contribution >= 4 is 5.97 Å². The number of methoxy groups -OCH3 is 1. The van der Waals surface area contributed by atoms with Gasteiger partial charge in [0.1, 0.15) is 11.8 Å². The van der Waals surface area contributed by atoms with Gasteiger partial charge in [-0.05, 0) is 24.1 Å². The Labute approximate surface area is 106 Å². The second kappa shape index (κ2) is 7.66. The van der Waals surface area contributed by atoms with E-state index in [-0.39, 0.29) is 6.67 Å². The third-order valence-corrected chi connectivity index (χ3v) is 2.43. The summed E-state index contributed by atoms with van der Waals surface area (Å²) in [4.78, 5) is 11.2. The summed E-state index contributed by atoms with van der Waals surface area (Å²) >= 11 is 0. The van der Waals surface area contributed by atoms with Crippen LogP contribution in [0.1, 0.15) is 12.0 Å². The molecule has 2 N–H and O–H groups in total. The Bertz CT molecular complexity index is 367. The minimum Gasteiger partial charge on any atom is -0.494 e. The molecule has 1 unspecified atom stereocenters. The minimum absolute atomic E-state index is 0.359. The lowest BCUT2D eigenvalue weighted by Crippen LogP contribution is -2.33. The monoisotopic (exact) mass is 255 g/mol. The standard InChI is InChI=1S/C13H18FNO3/c1-17-13(16)12(15)9-10-3-5-11(6-4-10)18-8-2-7-14/h3-6,12H,2,7-9,15H2,1H3. The molecule has 0 saturated carbocycles. The SMILES string of the molecule is COC(=O)C(N)Cc1ccc(OCCCF)cc1. The number of alkyl halides is 1. The minimum atomic E-state index is -0.659. The number of carbonyl (C=O) groups is 1. The topological polar surface area (TPSA) is 61.5 Å². The van der Waals surface area contributed by atoms with Crippen LogP contribution in [0.4, 0.5) is 4.39 Å². The van der Waals surface area contributed by atoms with Gasteiger partial charge in [-0.1, -0.05) is 12.1 Å². The third kappa shape index (κ3) is 4.71. The zero-order valence-corrected chi connectivity index (χ0v) is 10.4. The second-order valence-electron chi connectivity index (χ2n) is 3.87. The molecule has 1 atom stereocenters. The Kier molecular flexibility index (Phi) is 6.14. The van der Waals surface area contributed by atoms with E-state index in [1.807, 2.05) is 12.1 Å². The Morgan fingerprint density at radius 1 is 1.39 bits per heavy atom. The molecule has 0 heterocycles. The molecule has 0 aliphatic rings. The molecule has 1 aromatic carbocycles. The van der Waals surface area contributed by atoms with Crippen LogP contribution in [0, 0.1) is 0 Å². The highest BCUT2D eigenvalue weighted by atomic mass is 19.1. The first kappa shape index (κ1) is 14.4. The molecule has 4 nitrogen and oxygen atoms in total. The molecule has 5 heteroatoms. The first-order valence-corrected chi connectivity index (χ1v) is 5.78. The molecule has 100 valence electrons. The lowest BCUT2D eigenvalue weighted by Gasteiger charge is -2.10. The van der Waals surface area contributed by atoms with Crippen LogP contribution in [-0.2, 0) is 16.0 Å². The molecule has 1 rings (SSSR count). The van der Waals surface area contributed by atoms with Gasteiger partial charge in [0.15, 0.2) is 0 Å². The maximum atomic E-state index is 11.9. The summed E-state index contributed by atoms with van der Waals surface area (Å²) in [6.45, 7) is -0.0242. The highest BCUT2D eigenvalue weighted by Gasteiger charge is 2.13. The zero-order chi connectivity index (χ0) is 13.4. The predicted molar refractivity (Wildman–Crippen MR) is 66.2 cm³/mol. The van der Waals surface area contributed by atoms with E-state index in [0.29, 0.717) is 25.2 Å². The fraction of sp³-hybridized carbons (Fsp3) is 0.462. The molecule has 0 saturated heterocycles. The largest absolute Gasteiger partial charge is 0.494 e. The summed E-state index contributed by atoms with van der Waals surface area (Å²) in [6.07, 6.45) is 0.798. The Balaban J connectivity index is 2.47. The normalized spacial score (nSPS) is 11.9. The van der Waals surface area contributed by atoms with E-state index in [1.165, 1.54) is 7.11 Å². The van der Waals surface area contributed by atoms with Crippen LogP contribution >= 0.6 is 0 Å². The molecule has 0 amide bonds. The number of hydrogen-bond acceptors (Lipinski definition) is 4. The molecular formula is C13H18FNO3. The van der Waals surface area contributed by atoms with Gasteiger partial charge >= 0.3 is 5.97 Å². The Morgan fingerprint density at radius 3 is 2.61 bits per heavy atom. The third-order valence-electron chi connectivity index (χ3n) is 2.43. The van der Waals surface area contributed by atoms with Crippen LogP contribution in [0.3, 0.4) is 0 Å². The van der Waals surface area contributed by atoms with Crippen molar-refractivity contribution in [3.63, 3.8) is 0 Å². The number of ether oxygens (including phenoxy) is 2. The summed E-state index contributed by atoms with van der Waals surface area (Å²) in [5.41, 5.74) is 6.57. The van der Waals surface area contributed by atoms with Gasteiger partial charge in [-0.25, -0.2) is 0 Å². The van der Waals surface area contributed by atoms with Gasteiger partial charge in [0.2, 0.25) is 0 Å². The van der Waals surface area contributed by atoms with Crippen molar-refractivity contribution in [1.82, 2.24) is 0 Å². The number of rotatable bonds is 7. The van der Waals surface area contributed by atoms with Crippen molar-refractivity contribution < 1.29 is 18.7 Å². The number of esters is 1. The average molecular weight is 255 g/mol. The summed E-state index contributed by atoms with van der Waals surface area (Å²) in [5.74, 6) is 0.247. The second-order valence-corrected chi connectivity index (χ2v) is 3.87. The number of hydrogen-bond donors (Lipinski definition) is 1. The summed E-state index contributed by atoms with van der Waals surface area (Å²) in [5, 5.41) is 0. The zero-order valence-electron chi connectivity index (χ0n) is 10.4. The van der Waals surface area contributed by atoms with Crippen LogP contribution in [-0.4, -0.2) is 32.4 Å². The maximum Gasteiger partial charge on any atom is 0.322 e. The van der Waals surface area contributed by atoms with Gasteiger partial charge in [-0.3, -0.25) is 9.18 Å². The van der Waals surface area contributed by atoms with Crippen LogP contribution in [0.15, 0.2) is 24.3 Å². The number of halogens is 1. The number of nitrogens with two attached hydrogens (primary N) is 1. The van der Waals surface area contributed by atoms with Gasteiger partial charge in [0, 0.05) is 6.42 Å². The first-order valence-electron chi connectivity index (χ1n) is 5.78. The number of benzene rings is 1. The molecule has 0 bridgehead atoms. The van der Waals surface area contributed by atoms with Crippen molar-refractivity contribution in [3.05, 3.63) is 29.8 Å². The van der Waals surface area contributed by atoms with E-state index in [0.717, 1.165) is 5.56 Å². The van der Waals surface area contributed by atoms with Crippen molar-refractivity contribution in [3.8, 4) is 5.75 Å². The summed E-state index contributed by atoms with van der Waals surface area (Å²) in [7, 11) is 1.31. The van der Waals surface area contributed by atoms with Crippen molar-refractivity contribution in [2.45, 2.75) is 18.9 Å². The lowest BCUT2D eigenvalue weighted by atomic mass is 10.1.